The highest BCUT2D eigenvalue weighted by Crippen LogP contribution is 2.47. The van der Waals surface area contributed by atoms with Gasteiger partial charge in [-0.3, -0.25) is 10.2 Å². The number of rotatable bonds is 1. The lowest BCUT2D eigenvalue weighted by atomic mass is 9.82. The van der Waals surface area contributed by atoms with Crippen LogP contribution in [0.1, 0.15) is 12.0 Å². The standard InChI is InChI=1S/C16H16BrClN4OS/c1-21-5-4-16(8-21)9-22(12-3-2-10(17)6-11(12)16)15(23)20-14-19-7-13(18)24-14/h2-3,6-7H,4-5,8-9H2,1H3,(H,19,20,23). The fourth-order valence-corrected chi connectivity index (χ4v) is 4.89. The van der Waals surface area contributed by atoms with Crippen molar-refractivity contribution in [2.45, 2.75) is 11.8 Å². The van der Waals surface area contributed by atoms with Crippen LogP contribution >= 0.6 is 38.9 Å². The van der Waals surface area contributed by atoms with Gasteiger partial charge in [-0.05, 0) is 43.8 Å². The third kappa shape index (κ3) is 2.73. The molecule has 4 rings (SSSR count). The summed E-state index contributed by atoms with van der Waals surface area (Å²) >= 11 is 10.7. The molecule has 24 heavy (non-hydrogen) atoms. The summed E-state index contributed by atoms with van der Waals surface area (Å²) in [6, 6.07) is 6.00. The molecule has 1 unspecified atom stereocenters. The number of hydrogen-bond acceptors (Lipinski definition) is 4. The van der Waals surface area contributed by atoms with E-state index in [1.54, 1.807) is 6.20 Å². The van der Waals surface area contributed by atoms with Crippen molar-refractivity contribution >= 4 is 55.7 Å². The number of urea groups is 1. The van der Waals surface area contributed by atoms with Gasteiger partial charge in [-0.15, -0.1) is 0 Å². The zero-order chi connectivity index (χ0) is 16.9. The molecule has 0 radical (unpaired) electrons. The van der Waals surface area contributed by atoms with Crippen molar-refractivity contribution in [2.24, 2.45) is 0 Å². The summed E-state index contributed by atoms with van der Waals surface area (Å²) in [6.07, 6.45) is 2.60. The first-order valence-corrected chi connectivity index (χ1v) is 9.64. The zero-order valence-electron chi connectivity index (χ0n) is 13.1. The number of halogens is 2. The number of hydrogen-bond donors (Lipinski definition) is 1. The van der Waals surface area contributed by atoms with Gasteiger partial charge in [0.2, 0.25) is 0 Å². The average molecular weight is 428 g/mol. The molecule has 5 nitrogen and oxygen atoms in total. The van der Waals surface area contributed by atoms with E-state index in [-0.39, 0.29) is 11.4 Å². The molecular weight excluding hydrogens is 412 g/mol. The molecule has 1 aromatic carbocycles. The molecule has 0 saturated carbocycles. The molecular formula is C16H16BrClN4OS. The van der Waals surface area contributed by atoms with Crippen LogP contribution in [0.15, 0.2) is 28.9 Å². The molecule has 2 amide bonds. The van der Waals surface area contributed by atoms with E-state index in [1.165, 1.54) is 16.9 Å². The number of likely N-dealkylation sites (tertiary alicyclic amines) is 1. The van der Waals surface area contributed by atoms with E-state index < -0.39 is 0 Å². The summed E-state index contributed by atoms with van der Waals surface area (Å²) in [6.45, 7) is 2.70. The van der Waals surface area contributed by atoms with Crippen LogP contribution in [0.5, 0.6) is 0 Å². The van der Waals surface area contributed by atoms with E-state index in [9.17, 15) is 4.79 Å². The van der Waals surface area contributed by atoms with Crippen molar-refractivity contribution in [1.82, 2.24) is 9.88 Å². The third-order valence-electron chi connectivity index (χ3n) is 4.76. The average Bonchev–Trinajstić information content (AvgIpc) is 3.20. The summed E-state index contributed by atoms with van der Waals surface area (Å²) in [5.41, 5.74) is 2.23. The van der Waals surface area contributed by atoms with Crippen molar-refractivity contribution in [2.75, 3.05) is 36.9 Å². The molecule has 1 spiro atoms. The number of amides is 2. The zero-order valence-corrected chi connectivity index (χ0v) is 16.2. The third-order valence-corrected chi connectivity index (χ3v) is 6.29. The van der Waals surface area contributed by atoms with Crippen molar-refractivity contribution in [3.05, 3.63) is 38.8 Å². The summed E-state index contributed by atoms with van der Waals surface area (Å²) in [7, 11) is 2.13. The van der Waals surface area contributed by atoms with Crippen LogP contribution < -0.4 is 10.2 Å². The van der Waals surface area contributed by atoms with Gasteiger partial charge in [-0.25, -0.2) is 9.78 Å². The minimum atomic E-state index is -0.156. The van der Waals surface area contributed by atoms with Gasteiger partial charge >= 0.3 is 6.03 Å². The molecule has 3 heterocycles. The molecule has 2 aliphatic heterocycles. The number of carbonyl (C=O) groups is 1. The monoisotopic (exact) mass is 426 g/mol. The van der Waals surface area contributed by atoms with Gasteiger partial charge in [-0.2, -0.15) is 0 Å². The lowest BCUT2D eigenvalue weighted by Gasteiger charge is -2.25. The van der Waals surface area contributed by atoms with E-state index in [0.717, 1.165) is 29.7 Å². The number of thiazole rings is 1. The molecule has 1 fully saturated rings. The van der Waals surface area contributed by atoms with E-state index in [2.05, 4.69) is 44.2 Å². The largest absolute Gasteiger partial charge is 0.328 e. The second kappa shape index (κ2) is 5.98. The van der Waals surface area contributed by atoms with E-state index >= 15 is 0 Å². The molecule has 2 aliphatic rings. The molecule has 1 aromatic heterocycles. The van der Waals surface area contributed by atoms with Crippen molar-refractivity contribution in [3.63, 3.8) is 0 Å². The predicted octanol–water partition coefficient (Wildman–Crippen LogP) is 4.18. The van der Waals surface area contributed by atoms with Crippen LogP contribution in [0.25, 0.3) is 0 Å². The Bertz CT molecular complexity index is 813. The molecule has 8 heteroatoms. The maximum atomic E-state index is 12.8. The molecule has 1 N–H and O–H groups in total. The Kier molecular flexibility index (Phi) is 4.07. The SMILES string of the molecule is CN1CCC2(C1)CN(C(=O)Nc1ncc(Cl)s1)c1ccc(Br)cc12. The number of nitrogens with one attached hydrogen (secondary N) is 1. The van der Waals surface area contributed by atoms with Crippen LogP contribution in [-0.4, -0.2) is 42.6 Å². The normalized spacial score (nSPS) is 23.0. The van der Waals surface area contributed by atoms with Gasteiger partial charge in [0.15, 0.2) is 5.13 Å². The lowest BCUT2D eigenvalue weighted by Crippen LogP contribution is -2.40. The van der Waals surface area contributed by atoms with Gasteiger partial charge in [0, 0.05) is 28.7 Å². The molecule has 2 aromatic rings. The maximum Gasteiger partial charge on any atom is 0.328 e. The summed E-state index contributed by atoms with van der Waals surface area (Å²) < 4.78 is 1.61. The predicted molar refractivity (Wildman–Crippen MR) is 101 cm³/mol. The summed E-state index contributed by atoms with van der Waals surface area (Å²) in [5.74, 6) is 0. The van der Waals surface area contributed by atoms with Crippen LogP contribution in [-0.2, 0) is 5.41 Å². The highest BCUT2D eigenvalue weighted by molar-refractivity contribution is 9.10. The van der Waals surface area contributed by atoms with Crippen molar-refractivity contribution in [1.29, 1.82) is 0 Å². The van der Waals surface area contributed by atoms with E-state index in [1.807, 2.05) is 17.0 Å². The lowest BCUT2D eigenvalue weighted by molar-refractivity contribution is 0.256. The first kappa shape index (κ1) is 16.3. The highest BCUT2D eigenvalue weighted by atomic mass is 79.9. The second-order valence-corrected chi connectivity index (χ2v) is 8.99. The second-order valence-electron chi connectivity index (χ2n) is 6.42. The molecule has 1 atom stereocenters. The van der Waals surface area contributed by atoms with Crippen LogP contribution in [0, 0.1) is 0 Å². The number of fused-ring (bicyclic) bond motifs is 2. The number of aromatic nitrogens is 1. The van der Waals surface area contributed by atoms with Gasteiger partial charge < -0.3 is 4.90 Å². The maximum absolute atomic E-state index is 12.8. The van der Waals surface area contributed by atoms with Gasteiger partial charge in [0.1, 0.15) is 4.34 Å². The van der Waals surface area contributed by atoms with E-state index in [4.69, 9.17) is 11.6 Å². The molecule has 0 bridgehead atoms. The fraction of sp³-hybridized carbons (Fsp3) is 0.375. The minimum absolute atomic E-state index is 0.00568. The van der Waals surface area contributed by atoms with E-state index in [0.29, 0.717) is 16.0 Å². The fourth-order valence-electron chi connectivity index (χ4n) is 3.72. The highest BCUT2D eigenvalue weighted by Gasteiger charge is 2.48. The van der Waals surface area contributed by atoms with Gasteiger partial charge in [0.05, 0.1) is 6.20 Å². The Labute approximate surface area is 157 Å². The van der Waals surface area contributed by atoms with Crippen LogP contribution in [0.3, 0.4) is 0 Å². The topological polar surface area (TPSA) is 48.5 Å². The van der Waals surface area contributed by atoms with Gasteiger partial charge in [0.25, 0.3) is 0 Å². The number of nitrogens with zero attached hydrogens (tertiary/aromatic N) is 3. The number of anilines is 2. The first-order valence-electron chi connectivity index (χ1n) is 7.65. The van der Waals surface area contributed by atoms with Crippen LogP contribution in [0.2, 0.25) is 4.34 Å². The number of likely N-dealkylation sites (N-methyl/N-ethyl adjacent to an activating group) is 1. The minimum Gasteiger partial charge on any atom is -0.305 e. The van der Waals surface area contributed by atoms with Crippen molar-refractivity contribution < 1.29 is 4.79 Å². The Balaban J connectivity index is 1.67. The first-order chi connectivity index (χ1) is 11.5. The quantitative estimate of drug-likeness (QED) is 0.742. The van der Waals surface area contributed by atoms with Crippen molar-refractivity contribution in [3.8, 4) is 0 Å². The summed E-state index contributed by atoms with van der Waals surface area (Å²) in [4.78, 5) is 21.1. The van der Waals surface area contributed by atoms with Gasteiger partial charge in [-0.1, -0.05) is 38.9 Å². The molecule has 1 saturated heterocycles. The molecule has 126 valence electrons. The van der Waals surface area contributed by atoms with Crippen LogP contribution in [0.4, 0.5) is 15.6 Å². The Morgan fingerprint density at radius 2 is 2.29 bits per heavy atom. The Morgan fingerprint density at radius 3 is 2.96 bits per heavy atom. The Hall–Kier alpha value is -1.15. The Morgan fingerprint density at radius 1 is 1.46 bits per heavy atom. The molecule has 0 aliphatic carbocycles. The smallest absolute Gasteiger partial charge is 0.305 e. The number of benzene rings is 1. The number of carbonyl (C=O) groups excluding carboxylic acids is 1. The summed E-state index contributed by atoms with van der Waals surface area (Å²) in [5, 5.41) is 3.38.